The zero-order chi connectivity index (χ0) is 12.3. The van der Waals surface area contributed by atoms with Crippen molar-refractivity contribution in [2.24, 2.45) is 5.92 Å². The zero-order valence-corrected chi connectivity index (χ0v) is 10.8. The van der Waals surface area contributed by atoms with Crippen LogP contribution in [0.1, 0.15) is 32.6 Å². The minimum absolute atomic E-state index is 0.0992. The number of nitrogens with one attached hydrogen (secondary N) is 1. The van der Waals surface area contributed by atoms with E-state index in [0.717, 1.165) is 19.5 Å². The van der Waals surface area contributed by atoms with Crippen LogP contribution in [0.4, 0.5) is 5.69 Å². The minimum Gasteiger partial charge on any atom is -0.379 e. The molecule has 0 atom stereocenters. The van der Waals surface area contributed by atoms with Crippen LogP contribution in [0, 0.1) is 5.92 Å². The molecule has 0 unspecified atom stereocenters. The van der Waals surface area contributed by atoms with Gasteiger partial charge in [0.05, 0.1) is 11.2 Å². The van der Waals surface area contributed by atoms with Gasteiger partial charge >= 0.3 is 0 Å². The molecule has 17 heavy (non-hydrogen) atoms. The van der Waals surface area contributed by atoms with E-state index in [1.165, 1.54) is 23.9 Å². The first-order valence-corrected chi connectivity index (χ1v) is 6.59. The van der Waals surface area contributed by atoms with Crippen molar-refractivity contribution in [2.75, 3.05) is 11.9 Å². The van der Waals surface area contributed by atoms with E-state index in [1.54, 1.807) is 6.20 Å². The van der Waals surface area contributed by atoms with E-state index in [1.807, 2.05) is 0 Å². The molecule has 1 aliphatic rings. The van der Waals surface area contributed by atoms with Crippen molar-refractivity contribution in [1.29, 1.82) is 0 Å². The van der Waals surface area contributed by atoms with Crippen molar-refractivity contribution in [3.05, 3.63) is 21.6 Å². The third-order valence-electron chi connectivity index (χ3n) is 3.21. The fourth-order valence-corrected chi connectivity index (χ4v) is 2.12. The predicted octanol–water partition coefficient (Wildman–Crippen LogP) is 2.52. The van der Waals surface area contributed by atoms with Crippen LogP contribution in [-0.4, -0.2) is 16.3 Å². The maximum Gasteiger partial charge on any atom is 0.291 e. The van der Waals surface area contributed by atoms with Crippen LogP contribution in [0.25, 0.3) is 0 Å². The number of halogens is 1. The van der Waals surface area contributed by atoms with E-state index in [2.05, 4.69) is 17.3 Å². The van der Waals surface area contributed by atoms with Crippen LogP contribution in [-0.2, 0) is 6.54 Å². The Hall–Kier alpha value is -1.03. The van der Waals surface area contributed by atoms with E-state index >= 15 is 0 Å². The molecule has 1 fully saturated rings. The monoisotopic (exact) mass is 255 g/mol. The van der Waals surface area contributed by atoms with Crippen molar-refractivity contribution in [2.45, 2.75) is 39.2 Å². The van der Waals surface area contributed by atoms with Gasteiger partial charge in [0.1, 0.15) is 5.69 Å². The molecular formula is C12H18ClN3O. The SMILES string of the molecule is CCCNc1c(Cl)cnn(CC2CCC2)c1=O. The summed E-state index contributed by atoms with van der Waals surface area (Å²) in [7, 11) is 0. The summed E-state index contributed by atoms with van der Waals surface area (Å²) in [5, 5.41) is 7.59. The highest BCUT2D eigenvalue weighted by Gasteiger charge is 2.20. The molecule has 0 saturated heterocycles. The maximum atomic E-state index is 12.1. The second-order valence-corrected chi connectivity index (χ2v) is 4.99. The largest absolute Gasteiger partial charge is 0.379 e. The van der Waals surface area contributed by atoms with Gasteiger partial charge in [-0.3, -0.25) is 4.79 Å². The number of hydrogen-bond acceptors (Lipinski definition) is 3. The van der Waals surface area contributed by atoms with Gasteiger partial charge in [-0.2, -0.15) is 5.10 Å². The second kappa shape index (κ2) is 5.54. The third kappa shape index (κ3) is 2.80. The fourth-order valence-electron chi connectivity index (χ4n) is 1.93. The van der Waals surface area contributed by atoms with Crippen molar-refractivity contribution in [3.8, 4) is 0 Å². The molecule has 0 spiro atoms. The Balaban J connectivity index is 2.18. The zero-order valence-electron chi connectivity index (χ0n) is 10.1. The van der Waals surface area contributed by atoms with Crippen LogP contribution in [0.3, 0.4) is 0 Å². The molecule has 0 aromatic carbocycles. The number of aromatic nitrogens is 2. The molecule has 1 aromatic rings. The molecule has 1 aliphatic carbocycles. The Bertz CT molecular complexity index is 440. The Labute approximate surface area is 106 Å². The van der Waals surface area contributed by atoms with Crippen LogP contribution in [0.2, 0.25) is 5.02 Å². The topological polar surface area (TPSA) is 46.9 Å². The summed E-state index contributed by atoms with van der Waals surface area (Å²) in [5.74, 6) is 0.611. The lowest BCUT2D eigenvalue weighted by molar-refractivity contribution is 0.262. The van der Waals surface area contributed by atoms with E-state index in [-0.39, 0.29) is 5.56 Å². The highest BCUT2D eigenvalue weighted by Crippen LogP contribution is 2.27. The molecule has 0 bridgehead atoms. The van der Waals surface area contributed by atoms with Crippen molar-refractivity contribution >= 4 is 17.3 Å². The molecule has 0 aliphatic heterocycles. The third-order valence-corrected chi connectivity index (χ3v) is 3.49. The van der Waals surface area contributed by atoms with Crippen molar-refractivity contribution < 1.29 is 0 Å². The molecule has 1 saturated carbocycles. The highest BCUT2D eigenvalue weighted by atomic mass is 35.5. The molecule has 4 nitrogen and oxygen atoms in total. The van der Waals surface area contributed by atoms with Gasteiger partial charge in [-0.1, -0.05) is 24.9 Å². The lowest BCUT2D eigenvalue weighted by atomic mass is 9.85. The first-order chi connectivity index (χ1) is 8.22. The highest BCUT2D eigenvalue weighted by molar-refractivity contribution is 6.32. The summed E-state index contributed by atoms with van der Waals surface area (Å²) in [6.07, 6.45) is 6.19. The molecule has 0 amide bonds. The molecule has 1 aromatic heterocycles. The van der Waals surface area contributed by atoms with Gasteiger partial charge in [-0.05, 0) is 25.2 Å². The van der Waals surface area contributed by atoms with Crippen LogP contribution in [0.15, 0.2) is 11.0 Å². The molecule has 94 valence electrons. The van der Waals surface area contributed by atoms with Gasteiger partial charge in [0.2, 0.25) is 0 Å². The molecule has 2 rings (SSSR count). The quantitative estimate of drug-likeness (QED) is 0.880. The standard InChI is InChI=1S/C12H18ClN3O/c1-2-6-14-11-10(13)7-15-16(12(11)17)8-9-4-3-5-9/h7,9,14H,2-6,8H2,1H3. The molecule has 0 radical (unpaired) electrons. The number of anilines is 1. The van der Waals surface area contributed by atoms with Gasteiger partial charge in [0.15, 0.2) is 0 Å². The first-order valence-electron chi connectivity index (χ1n) is 6.22. The Kier molecular flexibility index (Phi) is 4.05. The fraction of sp³-hybridized carbons (Fsp3) is 0.667. The first kappa shape index (κ1) is 12.4. The van der Waals surface area contributed by atoms with Gasteiger partial charge in [0, 0.05) is 13.1 Å². The Morgan fingerprint density at radius 2 is 2.35 bits per heavy atom. The van der Waals surface area contributed by atoms with E-state index in [9.17, 15) is 4.79 Å². The van der Waals surface area contributed by atoms with E-state index in [0.29, 0.717) is 16.6 Å². The Morgan fingerprint density at radius 3 is 2.94 bits per heavy atom. The number of hydrogen-bond donors (Lipinski definition) is 1. The summed E-state index contributed by atoms with van der Waals surface area (Å²) in [5.41, 5.74) is 0.390. The lowest BCUT2D eigenvalue weighted by Gasteiger charge is -2.25. The summed E-state index contributed by atoms with van der Waals surface area (Å²) in [6.45, 7) is 3.52. The average molecular weight is 256 g/mol. The van der Waals surface area contributed by atoms with Crippen LogP contribution >= 0.6 is 11.6 Å². The smallest absolute Gasteiger partial charge is 0.291 e. The van der Waals surface area contributed by atoms with Gasteiger partial charge in [0.25, 0.3) is 5.56 Å². The molecule has 1 heterocycles. The summed E-state index contributed by atoms with van der Waals surface area (Å²) in [6, 6.07) is 0. The predicted molar refractivity (Wildman–Crippen MR) is 69.6 cm³/mol. The van der Waals surface area contributed by atoms with Crippen molar-refractivity contribution in [3.63, 3.8) is 0 Å². The lowest BCUT2D eigenvalue weighted by Crippen LogP contribution is -2.31. The molecular weight excluding hydrogens is 238 g/mol. The van der Waals surface area contributed by atoms with Gasteiger partial charge in [-0.15, -0.1) is 0 Å². The van der Waals surface area contributed by atoms with Gasteiger partial charge in [-0.25, -0.2) is 4.68 Å². The van der Waals surface area contributed by atoms with Crippen molar-refractivity contribution in [1.82, 2.24) is 9.78 Å². The normalized spacial score (nSPS) is 15.6. The van der Waals surface area contributed by atoms with Crippen LogP contribution < -0.4 is 10.9 Å². The molecule has 1 N–H and O–H groups in total. The summed E-state index contributed by atoms with van der Waals surface area (Å²) >= 11 is 5.98. The summed E-state index contributed by atoms with van der Waals surface area (Å²) in [4.78, 5) is 12.1. The number of nitrogens with zero attached hydrogens (tertiary/aromatic N) is 2. The second-order valence-electron chi connectivity index (χ2n) is 4.58. The van der Waals surface area contributed by atoms with E-state index in [4.69, 9.17) is 11.6 Å². The molecule has 5 heteroatoms. The average Bonchev–Trinajstić information content (AvgIpc) is 2.25. The Morgan fingerprint density at radius 1 is 1.59 bits per heavy atom. The van der Waals surface area contributed by atoms with Gasteiger partial charge < -0.3 is 5.32 Å². The van der Waals surface area contributed by atoms with Crippen LogP contribution in [0.5, 0.6) is 0 Å². The maximum absolute atomic E-state index is 12.1. The van der Waals surface area contributed by atoms with E-state index < -0.39 is 0 Å². The number of rotatable bonds is 5. The minimum atomic E-state index is -0.0992. The summed E-state index contributed by atoms with van der Waals surface area (Å²) < 4.78 is 1.54.